The highest BCUT2D eigenvalue weighted by Gasteiger charge is 2.19. The smallest absolute Gasteiger partial charge is 0.326 e. The minimum absolute atomic E-state index is 0.309. The highest BCUT2D eigenvalue weighted by molar-refractivity contribution is 9.10. The van der Waals surface area contributed by atoms with Gasteiger partial charge in [-0.1, -0.05) is 13.3 Å². The number of ether oxygens (including phenoxy) is 1. The molecule has 0 saturated carbocycles. The summed E-state index contributed by atoms with van der Waals surface area (Å²) >= 11 is 3.11. The van der Waals surface area contributed by atoms with Gasteiger partial charge in [0.1, 0.15) is 17.6 Å². The Balaban J connectivity index is 2.52. The van der Waals surface area contributed by atoms with Gasteiger partial charge in [0.2, 0.25) is 0 Å². The summed E-state index contributed by atoms with van der Waals surface area (Å²) in [5.74, 6) is -1.74. The van der Waals surface area contributed by atoms with Crippen LogP contribution >= 0.6 is 15.9 Å². The van der Waals surface area contributed by atoms with Gasteiger partial charge in [-0.2, -0.15) is 0 Å². The van der Waals surface area contributed by atoms with Crippen LogP contribution in [-0.2, 0) is 9.59 Å². The fraction of sp³-hybridized carbons (Fsp3) is 0.385. The van der Waals surface area contributed by atoms with E-state index in [0.29, 0.717) is 23.1 Å². The summed E-state index contributed by atoms with van der Waals surface area (Å²) in [5, 5.41) is 11.3. The summed E-state index contributed by atoms with van der Waals surface area (Å²) in [7, 11) is 0. The normalized spacial score (nSPS) is 11.8. The Morgan fingerprint density at radius 2 is 2.20 bits per heavy atom. The quantitative estimate of drug-likeness (QED) is 0.793. The fourth-order valence-electron chi connectivity index (χ4n) is 1.52. The van der Waals surface area contributed by atoms with Crippen LogP contribution in [0.5, 0.6) is 5.75 Å². The molecule has 5 nitrogen and oxygen atoms in total. The van der Waals surface area contributed by atoms with E-state index in [1.165, 1.54) is 18.2 Å². The fourth-order valence-corrected chi connectivity index (χ4v) is 1.98. The first-order valence-electron chi connectivity index (χ1n) is 6.04. The third-order valence-electron chi connectivity index (χ3n) is 2.46. The van der Waals surface area contributed by atoms with Crippen molar-refractivity contribution >= 4 is 27.8 Å². The third kappa shape index (κ3) is 5.16. The van der Waals surface area contributed by atoms with Crippen LogP contribution < -0.4 is 10.1 Å². The monoisotopic (exact) mass is 347 g/mol. The van der Waals surface area contributed by atoms with Gasteiger partial charge in [-0.3, -0.25) is 4.79 Å². The van der Waals surface area contributed by atoms with E-state index >= 15 is 0 Å². The van der Waals surface area contributed by atoms with Gasteiger partial charge in [0.05, 0.1) is 4.47 Å². The number of carboxylic acids is 1. The molecule has 0 radical (unpaired) electrons. The Hall–Kier alpha value is -1.63. The SMILES string of the molecule is CCCC(NC(=O)COc1ccc(F)cc1Br)C(=O)O. The molecule has 1 aromatic carbocycles. The molecular formula is C13H15BrFNO4. The molecule has 1 unspecified atom stereocenters. The lowest BCUT2D eigenvalue weighted by Crippen LogP contribution is -2.42. The third-order valence-corrected chi connectivity index (χ3v) is 3.08. The second-order valence-corrected chi connectivity index (χ2v) is 4.96. The van der Waals surface area contributed by atoms with E-state index in [2.05, 4.69) is 21.2 Å². The molecule has 0 saturated heterocycles. The maximum absolute atomic E-state index is 12.9. The average molecular weight is 348 g/mol. The number of carbonyl (C=O) groups excluding carboxylic acids is 1. The molecule has 0 bridgehead atoms. The zero-order chi connectivity index (χ0) is 15.1. The second-order valence-electron chi connectivity index (χ2n) is 4.11. The minimum atomic E-state index is -1.08. The highest BCUT2D eigenvalue weighted by atomic mass is 79.9. The predicted octanol–water partition coefficient (Wildman–Crippen LogP) is 2.34. The number of halogens is 2. The van der Waals surface area contributed by atoms with E-state index in [0.717, 1.165) is 0 Å². The van der Waals surface area contributed by atoms with Crippen LogP contribution in [0.1, 0.15) is 19.8 Å². The van der Waals surface area contributed by atoms with Gasteiger partial charge in [0.15, 0.2) is 6.61 Å². The van der Waals surface area contributed by atoms with Gasteiger partial charge < -0.3 is 15.2 Å². The summed E-state index contributed by atoms with van der Waals surface area (Å²) in [6.45, 7) is 1.49. The molecule has 0 aromatic heterocycles. The van der Waals surface area contributed by atoms with E-state index in [4.69, 9.17) is 9.84 Å². The Morgan fingerprint density at radius 1 is 1.50 bits per heavy atom. The molecule has 1 aromatic rings. The molecule has 0 spiro atoms. The summed E-state index contributed by atoms with van der Waals surface area (Å²) in [6.07, 6.45) is 0.989. The number of amides is 1. The molecule has 0 aliphatic heterocycles. The molecule has 1 rings (SSSR count). The van der Waals surface area contributed by atoms with Crippen molar-refractivity contribution < 1.29 is 23.8 Å². The van der Waals surface area contributed by atoms with Crippen molar-refractivity contribution in [3.63, 3.8) is 0 Å². The van der Waals surface area contributed by atoms with Crippen LogP contribution in [0.3, 0.4) is 0 Å². The lowest BCUT2D eigenvalue weighted by Gasteiger charge is -2.14. The first kappa shape index (κ1) is 16.4. The molecular weight excluding hydrogens is 333 g/mol. The molecule has 7 heteroatoms. The number of nitrogens with one attached hydrogen (secondary N) is 1. The highest BCUT2D eigenvalue weighted by Crippen LogP contribution is 2.25. The standard InChI is InChI=1S/C13H15BrFNO4/c1-2-3-10(13(18)19)16-12(17)7-20-11-5-4-8(15)6-9(11)14/h4-6,10H,2-3,7H2,1H3,(H,16,17)(H,18,19). The zero-order valence-corrected chi connectivity index (χ0v) is 12.4. The van der Waals surface area contributed by atoms with Crippen molar-refractivity contribution in [2.24, 2.45) is 0 Å². The van der Waals surface area contributed by atoms with Gasteiger partial charge in [-0.15, -0.1) is 0 Å². The number of hydrogen-bond donors (Lipinski definition) is 2. The van der Waals surface area contributed by atoms with Crippen LogP contribution in [0, 0.1) is 5.82 Å². The van der Waals surface area contributed by atoms with Crippen molar-refractivity contribution in [1.82, 2.24) is 5.32 Å². The van der Waals surface area contributed by atoms with E-state index in [1.54, 1.807) is 0 Å². The van der Waals surface area contributed by atoms with E-state index in [1.807, 2.05) is 6.92 Å². The Kier molecular flexibility index (Phi) is 6.44. The Labute approximate surface area is 124 Å². The number of carboxylic acid groups (broad SMARTS) is 1. The first-order valence-corrected chi connectivity index (χ1v) is 6.83. The predicted molar refractivity (Wildman–Crippen MR) is 74.1 cm³/mol. The molecule has 1 amide bonds. The van der Waals surface area contributed by atoms with Gasteiger partial charge >= 0.3 is 5.97 Å². The summed E-state index contributed by atoms with van der Waals surface area (Å²) < 4.78 is 18.4. The largest absolute Gasteiger partial charge is 0.483 e. The lowest BCUT2D eigenvalue weighted by molar-refractivity contribution is -0.142. The van der Waals surface area contributed by atoms with Crippen molar-refractivity contribution in [3.05, 3.63) is 28.5 Å². The van der Waals surface area contributed by atoms with Crippen molar-refractivity contribution in [2.75, 3.05) is 6.61 Å². The molecule has 20 heavy (non-hydrogen) atoms. The van der Waals surface area contributed by atoms with Gasteiger partial charge in [-0.05, 0) is 40.5 Å². The lowest BCUT2D eigenvalue weighted by atomic mass is 10.2. The Bertz CT molecular complexity index is 495. The second kappa shape index (κ2) is 7.84. The minimum Gasteiger partial charge on any atom is -0.483 e. The molecule has 0 heterocycles. The maximum atomic E-state index is 12.9. The molecule has 110 valence electrons. The van der Waals surface area contributed by atoms with Crippen LogP contribution in [0.25, 0.3) is 0 Å². The average Bonchev–Trinajstić information content (AvgIpc) is 2.37. The number of hydrogen-bond acceptors (Lipinski definition) is 3. The summed E-state index contributed by atoms with van der Waals surface area (Å²) in [6, 6.07) is 2.88. The molecule has 1 atom stereocenters. The van der Waals surface area contributed by atoms with Crippen LogP contribution in [0.4, 0.5) is 4.39 Å². The van der Waals surface area contributed by atoms with Crippen LogP contribution in [0.15, 0.2) is 22.7 Å². The molecule has 0 aliphatic rings. The topological polar surface area (TPSA) is 75.6 Å². The first-order chi connectivity index (χ1) is 9.43. The van der Waals surface area contributed by atoms with Gasteiger partial charge in [-0.25, -0.2) is 9.18 Å². The molecule has 0 fully saturated rings. The van der Waals surface area contributed by atoms with Crippen molar-refractivity contribution in [1.29, 1.82) is 0 Å². The summed E-state index contributed by atoms with van der Waals surface area (Å²) in [5.41, 5.74) is 0. The number of rotatable bonds is 7. The van der Waals surface area contributed by atoms with Crippen molar-refractivity contribution in [2.45, 2.75) is 25.8 Å². The van der Waals surface area contributed by atoms with E-state index < -0.39 is 23.7 Å². The number of benzene rings is 1. The molecule has 0 aliphatic carbocycles. The van der Waals surface area contributed by atoms with Gasteiger partial charge in [0, 0.05) is 0 Å². The van der Waals surface area contributed by atoms with Crippen molar-refractivity contribution in [3.8, 4) is 5.75 Å². The summed E-state index contributed by atoms with van der Waals surface area (Å²) in [4.78, 5) is 22.5. The molecule has 2 N–H and O–H groups in total. The zero-order valence-electron chi connectivity index (χ0n) is 10.9. The van der Waals surface area contributed by atoms with Crippen LogP contribution in [-0.4, -0.2) is 29.6 Å². The number of carbonyl (C=O) groups is 2. The van der Waals surface area contributed by atoms with E-state index in [9.17, 15) is 14.0 Å². The van der Waals surface area contributed by atoms with E-state index in [-0.39, 0.29) is 6.61 Å². The van der Waals surface area contributed by atoms with Gasteiger partial charge in [0.25, 0.3) is 5.91 Å². The van der Waals surface area contributed by atoms with Crippen LogP contribution in [0.2, 0.25) is 0 Å². The maximum Gasteiger partial charge on any atom is 0.326 e. The number of aliphatic carboxylic acids is 1. The Morgan fingerprint density at radius 3 is 2.75 bits per heavy atom.